The second-order valence-corrected chi connectivity index (χ2v) is 10.5. The number of aromatic nitrogens is 4. The smallest absolute Gasteiger partial charge is 0.256 e. The van der Waals surface area contributed by atoms with Crippen LogP contribution in [0, 0.1) is 12.7 Å². The Balaban J connectivity index is 1.30. The number of aryl methyl sites for hydroxylation is 1. The molecule has 3 N–H and O–H groups in total. The van der Waals surface area contributed by atoms with Crippen LogP contribution in [-0.2, 0) is 0 Å². The highest BCUT2D eigenvalue weighted by Crippen LogP contribution is 2.25. The second-order valence-electron chi connectivity index (χ2n) is 10.1. The molecular weight excluding hydrogens is 528 g/mol. The maximum absolute atomic E-state index is 14.3. The van der Waals surface area contributed by atoms with Gasteiger partial charge in [-0.15, -0.1) is 0 Å². The van der Waals surface area contributed by atoms with Crippen molar-refractivity contribution in [2.75, 3.05) is 61.3 Å². The maximum Gasteiger partial charge on any atom is 0.256 e. The molecule has 0 unspecified atom stereocenters. The summed E-state index contributed by atoms with van der Waals surface area (Å²) in [6.45, 7) is 7.68. The van der Waals surface area contributed by atoms with Gasteiger partial charge in [-0.05, 0) is 38.5 Å². The molecule has 0 radical (unpaired) electrons. The molecule has 2 aliphatic heterocycles. The molecule has 39 heavy (non-hydrogen) atoms. The summed E-state index contributed by atoms with van der Waals surface area (Å²) in [5.74, 6) is 1.35. The number of carbonyl (C=O) groups excluding carboxylic acids is 1. The minimum absolute atomic E-state index is 0.000348. The van der Waals surface area contributed by atoms with E-state index in [0.29, 0.717) is 56.7 Å². The summed E-state index contributed by atoms with van der Waals surface area (Å²) >= 11 is 5.84. The van der Waals surface area contributed by atoms with E-state index in [4.69, 9.17) is 16.6 Å². The van der Waals surface area contributed by atoms with E-state index in [9.17, 15) is 13.6 Å². The Morgan fingerprint density at radius 3 is 2.64 bits per heavy atom. The van der Waals surface area contributed by atoms with Gasteiger partial charge in [-0.1, -0.05) is 11.6 Å². The summed E-state index contributed by atoms with van der Waals surface area (Å²) in [6.07, 6.45) is -0.204. The standard InChI is InChI=1S/C26H32ClF2N9O/c1-16(28)14-36-7-9-37(10-8-36)24-13-22(31-23-11-17(2)34-35-23)32-26(33-24)30-19-5-6-38(15-19)25(39)20-4-3-18(27)12-21(20)29/h3-4,11-13,16,19H,5-10,14-15H2,1-2H3,(H3,30,31,32,33,34,35)/t16-,19+/m1/s1. The molecule has 1 aromatic carbocycles. The number of benzene rings is 1. The van der Waals surface area contributed by atoms with Gasteiger partial charge < -0.3 is 20.4 Å². The first-order valence-electron chi connectivity index (χ1n) is 13.0. The number of nitrogens with one attached hydrogen (secondary N) is 3. The first-order valence-corrected chi connectivity index (χ1v) is 13.4. The van der Waals surface area contributed by atoms with E-state index in [1.807, 2.05) is 19.1 Å². The zero-order chi connectivity index (χ0) is 27.5. The lowest BCUT2D eigenvalue weighted by Gasteiger charge is -2.35. The monoisotopic (exact) mass is 559 g/mol. The van der Waals surface area contributed by atoms with Gasteiger partial charge in [0, 0.05) is 74.7 Å². The van der Waals surface area contributed by atoms with E-state index >= 15 is 0 Å². The van der Waals surface area contributed by atoms with E-state index in [1.54, 1.807) is 11.8 Å². The summed E-state index contributed by atoms with van der Waals surface area (Å²) in [4.78, 5) is 28.2. The number of hydrogen-bond donors (Lipinski definition) is 3. The highest BCUT2D eigenvalue weighted by atomic mass is 35.5. The third-order valence-electron chi connectivity index (χ3n) is 6.85. The number of anilines is 4. The van der Waals surface area contributed by atoms with Crippen LogP contribution in [0.1, 0.15) is 29.4 Å². The molecular formula is C26H32ClF2N9O. The van der Waals surface area contributed by atoms with Gasteiger partial charge in [0.1, 0.15) is 23.6 Å². The summed E-state index contributed by atoms with van der Waals surface area (Å²) in [5.41, 5.74) is 0.913. The van der Waals surface area contributed by atoms with E-state index in [2.05, 4.69) is 35.6 Å². The molecule has 0 bridgehead atoms. The lowest BCUT2D eigenvalue weighted by atomic mass is 10.2. The molecule has 2 atom stereocenters. The number of H-pyrrole nitrogens is 1. The summed E-state index contributed by atoms with van der Waals surface area (Å²) < 4.78 is 27.8. The zero-order valence-electron chi connectivity index (χ0n) is 21.9. The number of aromatic amines is 1. The van der Waals surface area contributed by atoms with Crippen molar-refractivity contribution >= 4 is 40.9 Å². The number of piperazine rings is 1. The Labute approximate surface area is 230 Å². The van der Waals surface area contributed by atoms with Gasteiger partial charge in [0.15, 0.2) is 5.82 Å². The van der Waals surface area contributed by atoms with Crippen LogP contribution in [0.15, 0.2) is 30.3 Å². The van der Waals surface area contributed by atoms with Crippen molar-refractivity contribution in [1.82, 2.24) is 30.0 Å². The number of likely N-dealkylation sites (tertiary alicyclic amines) is 1. The van der Waals surface area contributed by atoms with Gasteiger partial charge in [-0.2, -0.15) is 15.1 Å². The largest absolute Gasteiger partial charge is 0.354 e. The Morgan fingerprint density at radius 2 is 1.95 bits per heavy atom. The molecule has 13 heteroatoms. The summed E-state index contributed by atoms with van der Waals surface area (Å²) in [7, 11) is 0. The first-order chi connectivity index (χ1) is 18.7. The molecule has 0 spiro atoms. The average molecular weight is 560 g/mol. The first kappa shape index (κ1) is 27.1. The Morgan fingerprint density at radius 1 is 1.15 bits per heavy atom. The minimum atomic E-state index is -0.867. The molecule has 3 aromatic rings. The van der Waals surface area contributed by atoms with Crippen molar-refractivity contribution in [2.45, 2.75) is 32.5 Å². The molecule has 10 nitrogen and oxygen atoms in total. The van der Waals surface area contributed by atoms with Gasteiger partial charge in [-0.25, -0.2) is 8.78 Å². The van der Waals surface area contributed by atoms with Gasteiger partial charge in [-0.3, -0.25) is 14.8 Å². The van der Waals surface area contributed by atoms with Gasteiger partial charge >= 0.3 is 0 Å². The number of halogens is 3. The van der Waals surface area contributed by atoms with Crippen LogP contribution in [0.4, 0.5) is 32.2 Å². The van der Waals surface area contributed by atoms with E-state index in [1.165, 1.54) is 12.1 Å². The molecule has 5 rings (SSSR count). The number of amides is 1. The molecule has 0 aliphatic carbocycles. The normalized spacial score (nSPS) is 18.8. The van der Waals surface area contributed by atoms with Crippen LogP contribution in [0.2, 0.25) is 5.02 Å². The molecule has 2 aliphatic rings. The predicted molar refractivity (Wildman–Crippen MR) is 147 cm³/mol. The SMILES string of the molecule is Cc1cc(Nc2cc(N3CCN(C[C@@H](C)F)CC3)nc(N[C@H]3CCN(C(=O)c4ccc(Cl)cc4F)C3)n2)n[nH]1. The number of hydrogen-bond acceptors (Lipinski definition) is 8. The molecule has 2 aromatic heterocycles. The molecule has 2 saturated heterocycles. The predicted octanol–water partition coefficient (Wildman–Crippen LogP) is 3.85. The van der Waals surface area contributed by atoms with Crippen LogP contribution in [0.5, 0.6) is 0 Å². The lowest BCUT2D eigenvalue weighted by molar-refractivity contribution is 0.0787. The Kier molecular flexibility index (Phi) is 8.12. The van der Waals surface area contributed by atoms with Crippen molar-refractivity contribution < 1.29 is 13.6 Å². The molecule has 1 amide bonds. The van der Waals surface area contributed by atoms with Crippen LogP contribution in [-0.4, -0.2) is 93.9 Å². The minimum Gasteiger partial charge on any atom is -0.354 e. The van der Waals surface area contributed by atoms with E-state index in [-0.39, 0.29) is 22.5 Å². The van der Waals surface area contributed by atoms with E-state index in [0.717, 1.165) is 30.7 Å². The second kappa shape index (κ2) is 11.7. The van der Waals surface area contributed by atoms with Crippen molar-refractivity contribution in [3.05, 3.63) is 52.4 Å². The fraction of sp³-hybridized carbons (Fsp3) is 0.462. The maximum atomic E-state index is 14.3. The molecule has 2 fully saturated rings. The van der Waals surface area contributed by atoms with Crippen molar-refractivity contribution in [2.24, 2.45) is 0 Å². The van der Waals surface area contributed by atoms with Crippen molar-refractivity contribution in [1.29, 1.82) is 0 Å². The van der Waals surface area contributed by atoms with Crippen molar-refractivity contribution in [3.8, 4) is 0 Å². The number of carbonyl (C=O) groups is 1. The summed E-state index contributed by atoms with van der Waals surface area (Å²) in [6, 6.07) is 7.71. The van der Waals surface area contributed by atoms with Crippen LogP contribution < -0.4 is 15.5 Å². The van der Waals surface area contributed by atoms with Gasteiger partial charge in [0.2, 0.25) is 5.95 Å². The van der Waals surface area contributed by atoms with E-state index < -0.39 is 12.0 Å². The highest BCUT2D eigenvalue weighted by molar-refractivity contribution is 6.30. The van der Waals surface area contributed by atoms with Gasteiger partial charge in [0.05, 0.1) is 5.56 Å². The fourth-order valence-corrected chi connectivity index (χ4v) is 5.09. The average Bonchev–Trinajstić information content (AvgIpc) is 3.52. The quantitative estimate of drug-likeness (QED) is 0.382. The molecule has 0 saturated carbocycles. The molecule has 4 heterocycles. The summed E-state index contributed by atoms with van der Waals surface area (Å²) in [5, 5.41) is 14.0. The third-order valence-corrected chi connectivity index (χ3v) is 7.09. The lowest BCUT2D eigenvalue weighted by Crippen LogP contribution is -2.48. The number of rotatable bonds is 8. The number of nitrogens with zero attached hydrogens (tertiary/aromatic N) is 6. The van der Waals surface area contributed by atoms with Crippen LogP contribution >= 0.6 is 11.6 Å². The van der Waals surface area contributed by atoms with Crippen LogP contribution in [0.25, 0.3) is 0 Å². The third kappa shape index (κ3) is 6.74. The topological polar surface area (TPSA) is 105 Å². The Bertz CT molecular complexity index is 1310. The number of alkyl halides is 1. The Hall–Kier alpha value is -3.51. The zero-order valence-corrected chi connectivity index (χ0v) is 22.7. The van der Waals surface area contributed by atoms with Gasteiger partial charge in [0.25, 0.3) is 5.91 Å². The fourth-order valence-electron chi connectivity index (χ4n) is 4.93. The highest BCUT2D eigenvalue weighted by Gasteiger charge is 2.29. The van der Waals surface area contributed by atoms with Crippen LogP contribution in [0.3, 0.4) is 0 Å². The molecule has 208 valence electrons. The van der Waals surface area contributed by atoms with Crippen molar-refractivity contribution in [3.63, 3.8) is 0 Å².